The first-order valence-corrected chi connectivity index (χ1v) is 3.18. The molecule has 0 atom stereocenters. The number of aromatic carboxylic acids is 2. The molecule has 0 amide bonds. The van der Waals surface area contributed by atoms with E-state index in [0.717, 1.165) is 0 Å². The number of carbonyl (C=O) groups is 2. The van der Waals surface area contributed by atoms with Crippen LogP contribution in [0.2, 0.25) is 0 Å². The zero-order chi connectivity index (χ0) is 9.14. The van der Waals surface area contributed by atoms with Crippen LogP contribution in [0.15, 0.2) is 24.3 Å². The molecule has 0 aromatic heterocycles. The predicted molar refractivity (Wildman–Crippen MR) is 61.8 cm³/mol. The van der Waals surface area contributed by atoms with Gasteiger partial charge in [0.05, 0.1) is 11.1 Å². The first kappa shape index (κ1) is 23.2. The molecular weight excluding hydrogens is 277 g/mol. The summed E-state index contributed by atoms with van der Waals surface area (Å²) in [4.78, 5) is 20.9. The van der Waals surface area contributed by atoms with E-state index in [1.165, 1.54) is 24.3 Å². The van der Waals surface area contributed by atoms with Gasteiger partial charge in [0.25, 0.3) is 0 Å². The van der Waals surface area contributed by atoms with Crippen molar-refractivity contribution < 1.29 is 19.8 Å². The van der Waals surface area contributed by atoms with Crippen molar-refractivity contribution in [1.29, 1.82) is 0 Å². The molecule has 0 unspecified atom stereocenters. The molecule has 0 bridgehead atoms. The summed E-state index contributed by atoms with van der Waals surface area (Å²) in [6.45, 7) is 0. The van der Waals surface area contributed by atoms with Crippen molar-refractivity contribution in [3.8, 4) is 0 Å². The molecule has 0 saturated carbocycles. The Kier molecular flexibility index (Phi) is 18.7. The van der Waals surface area contributed by atoms with E-state index in [2.05, 4.69) is 0 Å². The summed E-state index contributed by atoms with van der Waals surface area (Å²) in [7, 11) is 0. The second-order valence-corrected chi connectivity index (χ2v) is 2.16. The van der Waals surface area contributed by atoms with Gasteiger partial charge in [-0.25, -0.2) is 9.59 Å². The van der Waals surface area contributed by atoms with Crippen LogP contribution in [-0.4, -0.2) is 176 Å². The summed E-state index contributed by atoms with van der Waals surface area (Å²) >= 11 is 0. The van der Waals surface area contributed by atoms with Crippen molar-refractivity contribution in [3.63, 3.8) is 0 Å². The number of hydrogen-bond acceptors (Lipinski definition) is 2. The summed E-state index contributed by atoms with van der Waals surface area (Å²) in [6, 6.07) is 5.48. The van der Waals surface area contributed by atoms with Crippen molar-refractivity contribution in [1.82, 2.24) is 0 Å². The number of rotatable bonds is 2. The van der Waals surface area contributed by atoms with E-state index in [1.54, 1.807) is 0 Å². The summed E-state index contributed by atoms with van der Waals surface area (Å²) in [6.07, 6.45) is 0. The Morgan fingerprint density at radius 3 is 1.27 bits per heavy atom. The molecule has 0 fully saturated rings. The molecule has 1 aromatic rings. The van der Waals surface area contributed by atoms with Gasteiger partial charge >= 0.3 is 166 Å². The molecule has 68 valence electrons. The SMILES string of the molecule is O=C(O)c1ccccc1C(=O)O.[KH].[KH].[KH]. The maximum absolute atomic E-state index is 10.5. The summed E-state index contributed by atoms with van der Waals surface area (Å²) in [5.74, 6) is -2.46. The van der Waals surface area contributed by atoms with Gasteiger partial charge in [0.2, 0.25) is 0 Å². The van der Waals surface area contributed by atoms with E-state index in [1.807, 2.05) is 0 Å². The normalized spacial score (nSPS) is 7.47. The van der Waals surface area contributed by atoms with Gasteiger partial charge < -0.3 is 10.2 Å². The fourth-order valence-corrected chi connectivity index (χ4v) is 0.856. The molecule has 15 heavy (non-hydrogen) atoms. The van der Waals surface area contributed by atoms with E-state index in [0.29, 0.717) is 0 Å². The van der Waals surface area contributed by atoms with Crippen molar-refractivity contribution in [2.75, 3.05) is 0 Å². The number of benzene rings is 1. The number of hydrogen-bond donors (Lipinski definition) is 2. The molecule has 1 rings (SSSR count). The Labute approximate surface area is 215 Å². The topological polar surface area (TPSA) is 74.6 Å². The molecule has 0 aliphatic heterocycles. The molecule has 0 aliphatic rings. The zero-order valence-corrected chi connectivity index (χ0v) is 6.02. The number of carboxylic acid groups (broad SMARTS) is 2. The Hall–Kier alpha value is 3.07. The summed E-state index contributed by atoms with van der Waals surface area (Å²) in [5, 5.41) is 17.1. The van der Waals surface area contributed by atoms with E-state index >= 15 is 0 Å². The second kappa shape index (κ2) is 12.1. The molecule has 1 aromatic carbocycles. The first-order valence-electron chi connectivity index (χ1n) is 3.18. The third kappa shape index (κ3) is 7.96. The van der Waals surface area contributed by atoms with Crippen LogP contribution >= 0.6 is 0 Å². The molecule has 0 spiro atoms. The van der Waals surface area contributed by atoms with Gasteiger partial charge in [-0.2, -0.15) is 0 Å². The van der Waals surface area contributed by atoms with Crippen LogP contribution in [0, 0.1) is 0 Å². The van der Waals surface area contributed by atoms with Crippen molar-refractivity contribution in [3.05, 3.63) is 35.4 Å². The Balaban J connectivity index is -0.000000480. The van der Waals surface area contributed by atoms with Crippen LogP contribution in [0.1, 0.15) is 20.7 Å². The third-order valence-corrected chi connectivity index (χ3v) is 1.39. The van der Waals surface area contributed by atoms with Crippen molar-refractivity contribution >= 4 is 166 Å². The van der Waals surface area contributed by atoms with Crippen molar-refractivity contribution in [2.24, 2.45) is 0 Å². The molecule has 0 aliphatic carbocycles. The third-order valence-electron chi connectivity index (χ3n) is 1.39. The minimum atomic E-state index is -1.23. The van der Waals surface area contributed by atoms with Gasteiger partial charge in [-0.1, -0.05) is 12.1 Å². The van der Waals surface area contributed by atoms with Gasteiger partial charge in [-0.05, 0) is 12.1 Å². The molecule has 0 radical (unpaired) electrons. The molecule has 0 saturated heterocycles. The van der Waals surface area contributed by atoms with Gasteiger partial charge in [0, 0.05) is 0 Å². The second-order valence-electron chi connectivity index (χ2n) is 2.16. The standard InChI is InChI=1S/C8H6O4.3K.3H/c9-7(10)5-3-1-2-4-6(5)8(11)12;;;;;;/h1-4H,(H,9,10)(H,11,12);;;;;;. The van der Waals surface area contributed by atoms with Crippen LogP contribution in [0.4, 0.5) is 0 Å². The first-order chi connectivity index (χ1) is 5.63. The molecule has 0 heterocycles. The quantitative estimate of drug-likeness (QED) is 0.694. The zero-order valence-electron chi connectivity index (χ0n) is 6.02. The van der Waals surface area contributed by atoms with Gasteiger partial charge in [0.15, 0.2) is 0 Å². The summed E-state index contributed by atoms with van der Waals surface area (Å²) < 4.78 is 0. The molecule has 2 N–H and O–H groups in total. The predicted octanol–water partition coefficient (Wildman–Crippen LogP) is -0.863. The minimum absolute atomic E-state index is 0. The Bertz CT molecular complexity index is 307. The van der Waals surface area contributed by atoms with Crippen molar-refractivity contribution in [2.45, 2.75) is 0 Å². The van der Waals surface area contributed by atoms with Crippen LogP contribution in [0.3, 0.4) is 0 Å². The summed E-state index contributed by atoms with van der Waals surface area (Å²) in [5.41, 5.74) is -0.380. The molecular formula is C8H9K3O4. The van der Waals surface area contributed by atoms with Crippen LogP contribution in [0.25, 0.3) is 0 Å². The number of carboxylic acids is 2. The van der Waals surface area contributed by atoms with Gasteiger partial charge in [-0.3, -0.25) is 0 Å². The molecule has 7 heteroatoms. The van der Waals surface area contributed by atoms with Crippen LogP contribution in [-0.2, 0) is 0 Å². The fraction of sp³-hybridized carbons (Fsp3) is 0. The average molecular weight is 286 g/mol. The maximum atomic E-state index is 10.5. The van der Waals surface area contributed by atoms with E-state index in [-0.39, 0.29) is 165 Å². The van der Waals surface area contributed by atoms with Crippen LogP contribution in [0.5, 0.6) is 0 Å². The molecule has 4 nitrogen and oxygen atoms in total. The van der Waals surface area contributed by atoms with E-state index in [9.17, 15) is 9.59 Å². The van der Waals surface area contributed by atoms with E-state index < -0.39 is 11.9 Å². The Morgan fingerprint density at radius 1 is 0.800 bits per heavy atom. The fourth-order valence-electron chi connectivity index (χ4n) is 0.856. The van der Waals surface area contributed by atoms with Crippen LogP contribution < -0.4 is 0 Å². The van der Waals surface area contributed by atoms with E-state index in [4.69, 9.17) is 10.2 Å². The Morgan fingerprint density at radius 2 is 1.07 bits per heavy atom. The van der Waals surface area contributed by atoms with Gasteiger partial charge in [-0.15, -0.1) is 0 Å². The van der Waals surface area contributed by atoms with Gasteiger partial charge in [0.1, 0.15) is 0 Å². The monoisotopic (exact) mass is 286 g/mol. The average Bonchev–Trinajstić information content (AvgIpc) is 2.04.